The zero-order valence-corrected chi connectivity index (χ0v) is 8.93. The molecule has 0 fully saturated rings. The maximum Gasteiger partial charge on any atom is 0.387 e. The molecule has 0 spiro atoms. The number of halogens is 3. The number of ether oxygens (including phenoxy) is 2. The van der Waals surface area contributed by atoms with Crippen LogP contribution in [0.4, 0.5) is 8.78 Å². The fourth-order valence-corrected chi connectivity index (χ4v) is 1.39. The molecule has 5 heteroatoms. The first kappa shape index (κ1) is 12.0. The fourth-order valence-electron chi connectivity index (χ4n) is 1.17. The average molecular weight is 237 g/mol. The van der Waals surface area contributed by atoms with Crippen molar-refractivity contribution in [3.8, 4) is 11.5 Å². The third kappa shape index (κ3) is 3.55. The van der Waals surface area contributed by atoms with Crippen LogP contribution in [0.1, 0.15) is 5.56 Å². The Hall–Kier alpha value is -1.03. The number of rotatable bonds is 5. The lowest BCUT2D eigenvalue weighted by molar-refractivity contribution is -0.0512. The molecule has 1 rings (SSSR count). The summed E-state index contributed by atoms with van der Waals surface area (Å²) in [6, 6.07) is 4.85. The summed E-state index contributed by atoms with van der Waals surface area (Å²) in [5.74, 6) is 0.754. The van der Waals surface area contributed by atoms with Crippen molar-refractivity contribution in [2.45, 2.75) is 13.0 Å². The third-order valence-corrected chi connectivity index (χ3v) is 2.02. The first-order valence-electron chi connectivity index (χ1n) is 4.35. The largest absolute Gasteiger partial charge is 0.493 e. The van der Waals surface area contributed by atoms with E-state index in [-0.39, 0.29) is 11.5 Å². The average Bonchev–Trinajstić information content (AvgIpc) is 2.18. The zero-order valence-electron chi connectivity index (χ0n) is 8.17. The summed E-state index contributed by atoms with van der Waals surface area (Å²) in [5, 5.41) is 0. The summed E-state index contributed by atoms with van der Waals surface area (Å²) in [4.78, 5) is 0. The summed E-state index contributed by atoms with van der Waals surface area (Å²) in [6.45, 7) is -2.86. The summed E-state index contributed by atoms with van der Waals surface area (Å²) in [5.41, 5.74) is 0.835. The molecular weight excluding hydrogens is 226 g/mol. The summed E-state index contributed by atoms with van der Waals surface area (Å²) in [6.07, 6.45) is 0.602. The van der Waals surface area contributed by atoms with Crippen LogP contribution in [-0.4, -0.2) is 19.6 Å². The second-order valence-corrected chi connectivity index (χ2v) is 3.18. The van der Waals surface area contributed by atoms with Gasteiger partial charge in [0, 0.05) is 5.88 Å². The SMILES string of the molecule is COc1ccc(CCCl)cc1OC(F)F. The molecular formula is C10H11ClF2O2. The fraction of sp³-hybridized carbons (Fsp3) is 0.400. The molecule has 0 aliphatic rings. The predicted molar refractivity (Wildman–Crippen MR) is 54.1 cm³/mol. The molecule has 0 aliphatic heterocycles. The summed E-state index contributed by atoms with van der Waals surface area (Å²) < 4.78 is 33.3. The van der Waals surface area contributed by atoms with Crippen LogP contribution in [0.5, 0.6) is 11.5 Å². The first-order valence-corrected chi connectivity index (χ1v) is 4.88. The number of alkyl halides is 3. The van der Waals surface area contributed by atoms with Crippen molar-refractivity contribution in [1.29, 1.82) is 0 Å². The van der Waals surface area contributed by atoms with Crippen molar-refractivity contribution >= 4 is 11.6 Å². The van der Waals surface area contributed by atoms with Crippen molar-refractivity contribution in [3.63, 3.8) is 0 Å². The van der Waals surface area contributed by atoms with Gasteiger partial charge in [-0.1, -0.05) is 6.07 Å². The number of hydrogen-bond acceptors (Lipinski definition) is 2. The second kappa shape index (κ2) is 5.75. The van der Waals surface area contributed by atoms with Crippen LogP contribution in [0.15, 0.2) is 18.2 Å². The highest BCUT2D eigenvalue weighted by Gasteiger charge is 2.10. The standard InChI is InChI=1S/C10H11ClF2O2/c1-14-8-3-2-7(4-5-11)6-9(8)15-10(12)13/h2-3,6,10H,4-5H2,1H3. The smallest absolute Gasteiger partial charge is 0.387 e. The third-order valence-electron chi connectivity index (χ3n) is 1.83. The topological polar surface area (TPSA) is 18.5 Å². The highest BCUT2D eigenvalue weighted by Crippen LogP contribution is 2.29. The van der Waals surface area contributed by atoms with Crippen molar-refractivity contribution in [2.24, 2.45) is 0 Å². The van der Waals surface area contributed by atoms with E-state index in [0.717, 1.165) is 5.56 Å². The van der Waals surface area contributed by atoms with E-state index in [2.05, 4.69) is 4.74 Å². The summed E-state index contributed by atoms with van der Waals surface area (Å²) in [7, 11) is 1.40. The Balaban J connectivity index is 2.91. The maximum absolute atomic E-state index is 12.1. The van der Waals surface area contributed by atoms with Gasteiger partial charge in [0.05, 0.1) is 7.11 Å². The van der Waals surface area contributed by atoms with E-state index in [0.29, 0.717) is 12.3 Å². The monoisotopic (exact) mass is 236 g/mol. The van der Waals surface area contributed by atoms with Crippen molar-refractivity contribution in [1.82, 2.24) is 0 Å². The lowest BCUT2D eigenvalue weighted by Crippen LogP contribution is -2.04. The van der Waals surface area contributed by atoms with Crippen molar-refractivity contribution < 1.29 is 18.3 Å². The Morgan fingerprint density at radius 1 is 1.33 bits per heavy atom. The highest BCUT2D eigenvalue weighted by molar-refractivity contribution is 6.17. The van der Waals surface area contributed by atoms with E-state index in [9.17, 15) is 8.78 Å². The minimum atomic E-state index is -2.86. The molecule has 84 valence electrons. The molecule has 0 unspecified atom stereocenters. The van der Waals surface area contributed by atoms with Crippen LogP contribution in [0, 0.1) is 0 Å². The van der Waals surface area contributed by atoms with Crippen LogP contribution in [0.3, 0.4) is 0 Å². The molecule has 0 atom stereocenters. The number of methoxy groups -OCH3 is 1. The normalized spacial score (nSPS) is 10.5. The lowest BCUT2D eigenvalue weighted by Gasteiger charge is -2.10. The molecule has 0 N–H and O–H groups in total. The van der Waals surface area contributed by atoms with Gasteiger partial charge in [0.25, 0.3) is 0 Å². The van der Waals surface area contributed by atoms with Gasteiger partial charge in [0.1, 0.15) is 0 Å². The molecule has 0 saturated carbocycles. The van der Waals surface area contributed by atoms with E-state index in [1.54, 1.807) is 12.1 Å². The van der Waals surface area contributed by atoms with Gasteiger partial charge in [-0.05, 0) is 24.1 Å². The Morgan fingerprint density at radius 3 is 2.60 bits per heavy atom. The van der Waals surface area contributed by atoms with Crippen LogP contribution in [0.25, 0.3) is 0 Å². The molecule has 0 aliphatic carbocycles. The van der Waals surface area contributed by atoms with E-state index < -0.39 is 6.61 Å². The Bertz CT molecular complexity index is 318. The molecule has 1 aromatic rings. The van der Waals surface area contributed by atoms with Gasteiger partial charge >= 0.3 is 6.61 Å². The van der Waals surface area contributed by atoms with E-state index in [1.165, 1.54) is 13.2 Å². The first-order chi connectivity index (χ1) is 7.17. The molecule has 0 radical (unpaired) electrons. The van der Waals surface area contributed by atoms with E-state index in [4.69, 9.17) is 16.3 Å². The van der Waals surface area contributed by atoms with E-state index in [1.807, 2.05) is 0 Å². The second-order valence-electron chi connectivity index (χ2n) is 2.80. The molecule has 2 nitrogen and oxygen atoms in total. The Morgan fingerprint density at radius 2 is 2.07 bits per heavy atom. The van der Waals surface area contributed by atoms with Gasteiger partial charge in [-0.15, -0.1) is 11.6 Å². The predicted octanol–water partition coefficient (Wildman–Crippen LogP) is 3.08. The Kier molecular flexibility index (Phi) is 4.62. The molecule has 0 saturated heterocycles. The van der Waals surface area contributed by atoms with Gasteiger partial charge in [-0.2, -0.15) is 8.78 Å². The number of hydrogen-bond donors (Lipinski definition) is 0. The number of aryl methyl sites for hydroxylation is 1. The van der Waals surface area contributed by atoms with Crippen LogP contribution in [-0.2, 0) is 6.42 Å². The maximum atomic E-state index is 12.1. The van der Waals surface area contributed by atoms with Crippen LogP contribution in [0.2, 0.25) is 0 Å². The molecule has 0 heterocycles. The van der Waals surface area contributed by atoms with E-state index >= 15 is 0 Å². The van der Waals surface area contributed by atoms with Crippen LogP contribution < -0.4 is 9.47 Å². The highest BCUT2D eigenvalue weighted by atomic mass is 35.5. The number of benzene rings is 1. The van der Waals surface area contributed by atoms with Gasteiger partial charge in [-0.25, -0.2) is 0 Å². The molecule has 0 bridgehead atoms. The van der Waals surface area contributed by atoms with Gasteiger partial charge in [0.15, 0.2) is 11.5 Å². The van der Waals surface area contributed by atoms with Crippen molar-refractivity contribution in [2.75, 3.05) is 13.0 Å². The molecule has 15 heavy (non-hydrogen) atoms. The minimum Gasteiger partial charge on any atom is -0.493 e. The van der Waals surface area contributed by atoms with Gasteiger partial charge < -0.3 is 9.47 Å². The molecule has 0 aromatic heterocycles. The van der Waals surface area contributed by atoms with Gasteiger partial charge in [-0.3, -0.25) is 0 Å². The quantitative estimate of drug-likeness (QED) is 0.732. The van der Waals surface area contributed by atoms with Gasteiger partial charge in [0.2, 0.25) is 0 Å². The molecule has 0 amide bonds. The van der Waals surface area contributed by atoms with Crippen LogP contribution >= 0.6 is 11.6 Å². The molecule has 1 aromatic carbocycles. The Labute approximate surface area is 91.8 Å². The lowest BCUT2D eigenvalue weighted by atomic mass is 10.1. The zero-order chi connectivity index (χ0) is 11.3. The summed E-state index contributed by atoms with van der Waals surface area (Å²) >= 11 is 5.55. The van der Waals surface area contributed by atoms with Crippen molar-refractivity contribution in [3.05, 3.63) is 23.8 Å². The minimum absolute atomic E-state index is 0.0371.